The fourth-order valence-corrected chi connectivity index (χ4v) is 2.23. The summed E-state index contributed by atoms with van der Waals surface area (Å²) in [7, 11) is 1.86. The molecule has 3 heteroatoms. The fourth-order valence-electron chi connectivity index (χ4n) is 2.23. The van der Waals surface area contributed by atoms with Gasteiger partial charge in [0.15, 0.2) is 0 Å². The zero-order valence-electron chi connectivity index (χ0n) is 10.0. The van der Waals surface area contributed by atoms with Crippen LogP contribution in [0.25, 0.3) is 0 Å². The minimum atomic E-state index is -0.397. The zero-order valence-corrected chi connectivity index (χ0v) is 10.0. The number of rotatable bonds is 4. The first-order chi connectivity index (χ1) is 7.74. The number of nitrogens with zero attached hydrogens (tertiary/aromatic N) is 1. The average Bonchev–Trinajstić information content (AvgIpc) is 2.70. The lowest BCUT2D eigenvalue weighted by molar-refractivity contribution is 0.177. The van der Waals surface area contributed by atoms with E-state index >= 15 is 0 Å². The number of hydrogen-bond acceptors (Lipinski definition) is 3. The molecule has 1 aliphatic rings. The Labute approximate surface area is 97.1 Å². The zero-order chi connectivity index (χ0) is 11.5. The molecule has 1 aliphatic heterocycles. The van der Waals surface area contributed by atoms with Crippen LogP contribution >= 0.6 is 0 Å². The number of benzene rings is 1. The van der Waals surface area contributed by atoms with E-state index in [4.69, 9.17) is 0 Å². The van der Waals surface area contributed by atoms with E-state index < -0.39 is 6.10 Å². The van der Waals surface area contributed by atoms with Crippen molar-refractivity contribution in [2.45, 2.75) is 26.1 Å². The van der Waals surface area contributed by atoms with Crippen LogP contribution in [0.2, 0.25) is 0 Å². The van der Waals surface area contributed by atoms with Crippen molar-refractivity contribution in [2.75, 3.05) is 20.1 Å². The van der Waals surface area contributed by atoms with Crippen molar-refractivity contribution in [2.24, 2.45) is 0 Å². The Balaban J connectivity index is 2.15. The van der Waals surface area contributed by atoms with E-state index in [1.54, 1.807) is 0 Å². The standard InChI is InChI=1S/C13H20N2O/c1-3-15-8-11-5-4-10(6-12(11)9-15)13(16)7-14-2/h4-6,13-14,16H,3,7-9H2,1-2H3. The molecule has 3 nitrogen and oxygen atoms in total. The normalized spacial score (nSPS) is 17.4. The molecule has 0 spiro atoms. The maximum absolute atomic E-state index is 9.90. The summed E-state index contributed by atoms with van der Waals surface area (Å²) in [5, 5.41) is 12.9. The van der Waals surface area contributed by atoms with Gasteiger partial charge in [0.05, 0.1) is 6.10 Å². The van der Waals surface area contributed by atoms with Gasteiger partial charge in [-0.3, -0.25) is 4.90 Å². The lowest BCUT2D eigenvalue weighted by Crippen LogP contribution is -2.16. The van der Waals surface area contributed by atoms with Crippen LogP contribution in [0.1, 0.15) is 29.7 Å². The smallest absolute Gasteiger partial charge is 0.0914 e. The molecule has 0 amide bonds. The maximum atomic E-state index is 9.90. The molecule has 2 rings (SSSR count). The summed E-state index contributed by atoms with van der Waals surface area (Å²) >= 11 is 0. The van der Waals surface area contributed by atoms with Gasteiger partial charge in [-0.25, -0.2) is 0 Å². The molecule has 1 heterocycles. The Kier molecular flexibility index (Phi) is 3.59. The van der Waals surface area contributed by atoms with Gasteiger partial charge in [0.1, 0.15) is 0 Å². The van der Waals surface area contributed by atoms with Crippen LogP contribution < -0.4 is 5.32 Å². The number of aliphatic hydroxyl groups is 1. The monoisotopic (exact) mass is 220 g/mol. The number of nitrogens with one attached hydrogen (secondary N) is 1. The van der Waals surface area contributed by atoms with Crippen LogP contribution in [0, 0.1) is 0 Å². The van der Waals surface area contributed by atoms with Crippen molar-refractivity contribution in [3.05, 3.63) is 34.9 Å². The third-order valence-corrected chi connectivity index (χ3v) is 3.25. The summed E-state index contributed by atoms with van der Waals surface area (Å²) < 4.78 is 0. The molecule has 0 radical (unpaired) electrons. The summed E-state index contributed by atoms with van der Waals surface area (Å²) in [6.45, 7) is 5.95. The maximum Gasteiger partial charge on any atom is 0.0914 e. The second kappa shape index (κ2) is 4.95. The molecular formula is C13H20N2O. The third-order valence-electron chi connectivity index (χ3n) is 3.25. The SMILES string of the molecule is CCN1Cc2ccc(C(O)CNC)cc2C1. The van der Waals surface area contributed by atoms with E-state index in [0.717, 1.165) is 25.2 Å². The van der Waals surface area contributed by atoms with Gasteiger partial charge < -0.3 is 10.4 Å². The highest BCUT2D eigenvalue weighted by atomic mass is 16.3. The number of likely N-dealkylation sites (N-methyl/N-ethyl adjacent to an activating group) is 1. The van der Waals surface area contributed by atoms with Crippen molar-refractivity contribution in [1.82, 2.24) is 10.2 Å². The molecule has 0 bridgehead atoms. The van der Waals surface area contributed by atoms with Crippen molar-refractivity contribution >= 4 is 0 Å². The van der Waals surface area contributed by atoms with Crippen LogP contribution in [-0.2, 0) is 13.1 Å². The molecule has 0 saturated carbocycles. The van der Waals surface area contributed by atoms with Gasteiger partial charge in [-0.2, -0.15) is 0 Å². The predicted molar refractivity (Wildman–Crippen MR) is 65.1 cm³/mol. The van der Waals surface area contributed by atoms with E-state index in [1.165, 1.54) is 11.1 Å². The molecule has 88 valence electrons. The van der Waals surface area contributed by atoms with Gasteiger partial charge in [-0.05, 0) is 30.3 Å². The Hall–Kier alpha value is -0.900. The Morgan fingerprint density at radius 1 is 1.38 bits per heavy atom. The average molecular weight is 220 g/mol. The van der Waals surface area contributed by atoms with Crippen LogP contribution in [0.5, 0.6) is 0 Å². The summed E-state index contributed by atoms with van der Waals surface area (Å²) in [5.74, 6) is 0. The first kappa shape index (κ1) is 11.6. The molecule has 0 fully saturated rings. The predicted octanol–water partition coefficient (Wildman–Crippen LogP) is 1.27. The number of hydrogen-bond donors (Lipinski definition) is 2. The minimum absolute atomic E-state index is 0.397. The Bertz CT molecular complexity index is 365. The quantitative estimate of drug-likeness (QED) is 0.802. The molecule has 1 aromatic rings. The molecule has 2 N–H and O–H groups in total. The van der Waals surface area contributed by atoms with Crippen molar-refractivity contribution in [3.8, 4) is 0 Å². The summed E-state index contributed by atoms with van der Waals surface area (Å²) in [6.07, 6.45) is -0.397. The van der Waals surface area contributed by atoms with Crippen LogP contribution in [-0.4, -0.2) is 30.1 Å². The van der Waals surface area contributed by atoms with Gasteiger partial charge in [0.25, 0.3) is 0 Å². The highest BCUT2D eigenvalue weighted by Crippen LogP contribution is 2.25. The second-order valence-electron chi connectivity index (χ2n) is 4.40. The Morgan fingerprint density at radius 2 is 2.12 bits per heavy atom. The lowest BCUT2D eigenvalue weighted by Gasteiger charge is -2.11. The van der Waals surface area contributed by atoms with Gasteiger partial charge >= 0.3 is 0 Å². The highest BCUT2D eigenvalue weighted by molar-refractivity contribution is 5.35. The molecule has 0 aromatic heterocycles. The number of aliphatic hydroxyl groups excluding tert-OH is 1. The lowest BCUT2D eigenvalue weighted by atomic mass is 10.0. The van der Waals surface area contributed by atoms with Gasteiger partial charge in [-0.15, -0.1) is 0 Å². The summed E-state index contributed by atoms with van der Waals surface area (Å²) in [5.41, 5.74) is 3.79. The van der Waals surface area contributed by atoms with E-state index in [1.807, 2.05) is 13.1 Å². The Morgan fingerprint density at radius 3 is 2.81 bits per heavy atom. The van der Waals surface area contributed by atoms with Crippen LogP contribution in [0.3, 0.4) is 0 Å². The van der Waals surface area contributed by atoms with Crippen LogP contribution in [0.4, 0.5) is 0 Å². The highest BCUT2D eigenvalue weighted by Gasteiger charge is 2.18. The van der Waals surface area contributed by atoms with Gasteiger partial charge in [0.2, 0.25) is 0 Å². The third kappa shape index (κ3) is 2.26. The summed E-state index contributed by atoms with van der Waals surface area (Å²) in [4.78, 5) is 2.40. The largest absolute Gasteiger partial charge is 0.387 e. The number of fused-ring (bicyclic) bond motifs is 1. The molecule has 0 aliphatic carbocycles. The first-order valence-electron chi connectivity index (χ1n) is 5.91. The fraction of sp³-hybridized carbons (Fsp3) is 0.538. The van der Waals surface area contributed by atoms with Crippen molar-refractivity contribution in [1.29, 1.82) is 0 Å². The van der Waals surface area contributed by atoms with Gasteiger partial charge in [-0.1, -0.05) is 25.1 Å². The van der Waals surface area contributed by atoms with E-state index in [-0.39, 0.29) is 0 Å². The summed E-state index contributed by atoms with van der Waals surface area (Å²) in [6, 6.07) is 6.34. The van der Waals surface area contributed by atoms with Crippen molar-refractivity contribution < 1.29 is 5.11 Å². The molecular weight excluding hydrogens is 200 g/mol. The molecule has 1 unspecified atom stereocenters. The van der Waals surface area contributed by atoms with E-state index in [0.29, 0.717) is 6.54 Å². The van der Waals surface area contributed by atoms with E-state index in [9.17, 15) is 5.11 Å². The van der Waals surface area contributed by atoms with Gasteiger partial charge in [0, 0.05) is 19.6 Å². The first-order valence-corrected chi connectivity index (χ1v) is 5.91. The molecule has 16 heavy (non-hydrogen) atoms. The van der Waals surface area contributed by atoms with E-state index in [2.05, 4.69) is 29.3 Å². The topological polar surface area (TPSA) is 35.5 Å². The second-order valence-corrected chi connectivity index (χ2v) is 4.40. The molecule has 0 saturated heterocycles. The molecule has 1 atom stereocenters. The minimum Gasteiger partial charge on any atom is -0.387 e. The van der Waals surface area contributed by atoms with Crippen molar-refractivity contribution in [3.63, 3.8) is 0 Å². The van der Waals surface area contributed by atoms with Crippen LogP contribution in [0.15, 0.2) is 18.2 Å². The molecule has 1 aromatic carbocycles.